The van der Waals surface area contributed by atoms with Crippen LogP contribution in [0.5, 0.6) is 0 Å². The van der Waals surface area contributed by atoms with E-state index in [9.17, 15) is 14.0 Å². The number of nitrogens with one attached hydrogen (secondary N) is 1. The zero-order chi connectivity index (χ0) is 14.4. The quantitative estimate of drug-likeness (QED) is 0.562. The lowest BCUT2D eigenvalue weighted by molar-refractivity contribution is -0.141. The predicted molar refractivity (Wildman–Crippen MR) is 71.5 cm³/mol. The number of carboxylic acids is 1. The van der Waals surface area contributed by atoms with Crippen LogP contribution in [0.1, 0.15) is 5.56 Å². The third-order valence-electron chi connectivity index (χ3n) is 2.50. The first-order chi connectivity index (χ1) is 8.93. The van der Waals surface area contributed by atoms with Gasteiger partial charge in [0.15, 0.2) is 0 Å². The predicted octanol–water partition coefficient (Wildman–Crippen LogP) is 0.195. The molecular weight excluding hydrogens is 271 g/mol. The summed E-state index contributed by atoms with van der Waals surface area (Å²) in [7, 11) is 0. The molecule has 0 radical (unpaired) electrons. The van der Waals surface area contributed by atoms with Gasteiger partial charge in [-0.05, 0) is 17.7 Å². The summed E-state index contributed by atoms with van der Waals surface area (Å²) in [6, 6.07) is 3.43. The largest absolute Gasteiger partial charge is 0.480 e. The van der Waals surface area contributed by atoms with E-state index >= 15 is 0 Å². The zero-order valence-corrected chi connectivity index (χ0v) is 10.9. The Morgan fingerprint density at radius 1 is 1.37 bits per heavy atom. The Hall–Kier alpha value is -1.60. The second-order valence-electron chi connectivity index (χ2n) is 4.02. The first-order valence-electron chi connectivity index (χ1n) is 5.58. The summed E-state index contributed by atoms with van der Waals surface area (Å²) < 4.78 is 12.7. The Morgan fingerprint density at radius 3 is 2.42 bits per heavy atom. The van der Waals surface area contributed by atoms with E-state index in [-0.39, 0.29) is 12.2 Å². The molecule has 5 nitrogen and oxygen atoms in total. The fourth-order valence-corrected chi connectivity index (χ4v) is 1.58. The van der Waals surface area contributed by atoms with E-state index in [4.69, 9.17) is 10.8 Å². The number of thiol groups is 1. The highest BCUT2D eigenvalue weighted by Gasteiger charge is 2.22. The summed E-state index contributed by atoms with van der Waals surface area (Å²) in [5.41, 5.74) is 6.05. The van der Waals surface area contributed by atoms with Crippen molar-refractivity contribution in [3.8, 4) is 0 Å². The van der Waals surface area contributed by atoms with Crippen molar-refractivity contribution in [2.45, 2.75) is 18.5 Å². The second kappa shape index (κ2) is 7.10. The zero-order valence-electron chi connectivity index (χ0n) is 10.0. The molecule has 0 aliphatic carbocycles. The molecule has 1 aromatic carbocycles. The molecule has 0 heterocycles. The minimum absolute atomic E-state index is 0.0562. The maximum Gasteiger partial charge on any atom is 0.326 e. The van der Waals surface area contributed by atoms with Crippen LogP contribution < -0.4 is 11.1 Å². The van der Waals surface area contributed by atoms with Crippen molar-refractivity contribution in [2.75, 3.05) is 5.75 Å². The van der Waals surface area contributed by atoms with Crippen LogP contribution in [0.4, 0.5) is 4.39 Å². The maximum atomic E-state index is 12.7. The molecule has 0 spiro atoms. The first kappa shape index (κ1) is 15.5. The van der Waals surface area contributed by atoms with Crippen molar-refractivity contribution < 1.29 is 19.1 Å². The number of hydrogen-bond acceptors (Lipinski definition) is 4. The summed E-state index contributed by atoms with van der Waals surface area (Å²) in [5.74, 6) is -2.04. The van der Waals surface area contributed by atoms with Crippen LogP contribution in [-0.4, -0.2) is 34.8 Å². The standard InChI is InChI=1S/C12H15FN2O3S/c13-8-3-1-7(2-4-8)5-10(12(17)18)15-11(16)9(14)6-19/h1-4,9-10,19H,5-6,14H2,(H,15,16)(H,17,18)/t9-,10-/m0/s1. The Morgan fingerprint density at radius 2 is 1.95 bits per heavy atom. The van der Waals surface area contributed by atoms with E-state index in [2.05, 4.69) is 17.9 Å². The molecule has 0 bridgehead atoms. The molecule has 7 heteroatoms. The molecule has 0 saturated carbocycles. The minimum atomic E-state index is -1.18. The Kier molecular flexibility index (Phi) is 5.78. The summed E-state index contributed by atoms with van der Waals surface area (Å²) in [5, 5.41) is 11.4. The number of hydrogen-bond donors (Lipinski definition) is 4. The molecule has 0 unspecified atom stereocenters. The second-order valence-corrected chi connectivity index (χ2v) is 4.38. The number of rotatable bonds is 6. The molecular formula is C12H15FN2O3S. The molecule has 0 aliphatic rings. The number of aliphatic carboxylic acids is 1. The van der Waals surface area contributed by atoms with Gasteiger partial charge in [0.25, 0.3) is 0 Å². The lowest BCUT2D eigenvalue weighted by Gasteiger charge is -2.17. The van der Waals surface area contributed by atoms with Gasteiger partial charge in [-0.15, -0.1) is 0 Å². The van der Waals surface area contributed by atoms with Crippen LogP contribution in [0, 0.1) is 5.82 Å². The van der Waals surface area contributed by atoms with Crippen molar-refractivity contribution >= 4 is 24.5 Å². The summed E-state index contributed by atoms with van der Waals surface area (Å²) in [6.45, 7) is 0. The summed E-state index contributed by atoms with van der Waals surface area (Å²) >= 11 is 3.86. The molecule has 19 heavy (non-hydrogen) atoms. The summed E-state index contributed by atoms with van der Waals surface area (Å²) in [6.07, 6.45) is 0.0562. The van der Waals surface area contributed by atoms with Crippen LogP contribution in [0.25, 0.3) is 0 Å². The van der Waals surface area contributed by atoms with Gasteiger partial charge in [0.2, 0.25) is 5.91 Å². The summed E-state index contributed by atoms with van der Waals surface area (Å²) in [4.78, 5) is 22.6. The molecule has 0 fully saturated rings. The van der Waals surface area contributed by atoms with Crippen LogP contribution in [0.3, 0.4) is 0 Å². The molecule has 0 saturated heterocycles. The van der Waals surface area contributed by atoms with E-state index in [0.717, 1.165) is 0 Å². The third kappa shape index (κ3) is 4.88. The number of nitrogens with two attached hydrogens (primary N) is 1. The third-order valence-corrected chi connectivity index (χ3v) is 2.89. The SMILES string of the molecule is N[C@@H](CS)C(=O)N[C@@H](Cc1ccc(F)cc1)C(=O)O. The molecule has 104 valence electrons. The molecule has 0 aliphatic heterocycles. The van der Waals surface area contributed by atoms with E-state index in [1.165, 1.54) is 24.3 Å². The Bertz CT molecular complexity index is 453. The average molecular weight is 286 g/mol. The molecule has 1 aromatic rings. The highest BCUT2D eigenvalue weighted by Crippen LogP contribution is 2.06. The minimum Gasteiger partial charge on any atom is -0.480 e. The average Bonchev–Trinajstić information content (AvgIpc) is 2.39. The smallest absolute Gasteiger partial charge is 0.326 e. The van der Waals surface area contributed by atoms with Gasteiger partial charge in [0, 0.05) is 12.2 Å². The maximum absolute atomic E-state index is 12.7. The highest BCUT2D eigenvalue weighted by atomic mass is 32.1. The van der Waals surface area contributed by atoms with Crippen molar-refractivity contribution in [2.24, 2.45) is 5.73 Å². The number of carboxylic acid groups (broad SMARTS) is 1. The molecule has 0 aromatic heterocycles. The lowest BCUT2D eigenvalue weighted by atomic mass is 10.1. The van der Waals surface area contributed by atoms with Gasteiger partial charge in [0.1, 0.15) is 11.9 Å². The molecule has 2 atom stereocenters. The van der Waals surface area contributed by atoms with Gasteiger partial charge in [-0.2, -0.15) is 12.6 Å². The number of amides is 1. The number of carbonyl (C=O) groups excluding carboxylic acids is 1. The Balaban J connectivity index is 2.71. The molecule has 1 amide bonds. The van der Waals surface area contributed by atoms with Crippen molar-refractivity contribution in [3.05, 3.63) is 35.6 Å². The lowest BCUT2D eigenvalue weighted by Crippen LogP contribution is -2.50. The number of benzene rings is 1. The first-order valence-corrected chi connectivity index (χ1v) is 6.21. The number of carbonyl (C=O) groups is 2. The van der Waals surface area contributed by atoms with Gasteiger partial charge in [-0.25, -0.2) is 9.18 Å². The van der Waals surface area contributed by atoms with Gasteiger partial charge in [-0.1, -0.05) is 12.1 Å². The normalized spacial score (nSPS) is 13.6. The van der Waals surface area contributed by atoms with Gasteiger partial charge in [0.05, 0.1) is 6.04 Å². The van der Waals surface area contributed by atoms with Crippen LogP contribution in [-0.2, 0) is 16.0 Å². The Labute approximate surface area is 115 Å². The van der Waals surface area contributed by atoms with E-state index < -0.39 is 29.8 Å². The molecule has 4 N–H and O–H groups in total. The molecule has 1 rings (SSSR count). The van der Waals surface area contributed by atoms with Crippen LogP contribution in [0.2, 0.25) is 0 Å². The topological polar surface area (TPSA) is 92.4 Å². The van der Waals surface area contributed by atoms with E-state index in [1.54, 1.807) is 0 Å². The van der Waals surface area contributed by atoms with Gasteiger partial charge >= 0.3 is 5.97 Å². The fraction of sp³-hybridized carbons (Fsp3) is 0.333. The van der Waals surface area contributed by atoms with Crippen LogP contribution in [0.15, 0.2) is 24.3 Å². The van der Waals surface area contributed by atoms with Crippen molar-refractivity contribution in [1.82, 2.24) is 5.32 Å². The fourth-order valence-electron chi connectivity index (χ4n) is 1.42. The van der Waals surface area contributed by atoms with Gasteiger partial charge in [-0.3, -0.25) is 4.79 Å². The number of halogens is 1. The van der Waals surface area contributed by atoms with Crippen molar-refractivity contribution in [1.29, 1.82) is 0 Å². The van der Waals surface area contributed by atoms with Gasteiger partial charge < -0.3 is 16.2 Å². The van der Waals surface area contributed by atoms with E-state index in [1.807, 2.05) is 0 Å². The van der Waals surface area contributed by atoms with Crippen LogP contribution >= 0.6 is 12.6 Å². The monoisotopic (exact) mass is 286 g/mol. The van der Waals surface area contributed by atoms with E-state index in [0.29, 0.717) is 5.56 Å². The highest BCUT2D eigenvalue weighted by molar-refractivity contribution is 7.80. The van der Waals surface area contributed by atoms with Crippen molar-refractivity contribution in [3.63, 3.8) is 0 Å².